The van der Waals surface area contributed by atoms with Crippen LogP contribution in [0.2, 0.25) is 0 Å². The lowest BCUT2D eigenvalue weighted by atomic mass is 10.2. The molecular weight excluding hydrogens is 218 g/mol. The Morgan fingerprint density at radius 1 is 1.19 bits per heavy atom. The first kappa shape index (κ1) is 11.4. The van der Waals surface area contributed by atoms with Crippen LogP contribution in [0.15, 0.2) is 34.9 Å². The lowest BCUT2D eigenvalue weighted by molar-refractivity contribution is 0.405. The third-order valence-corrected chi connectivity index (χ3v) is 3.84. The Labute approximate surface area is 100 Å². The van der Waals surface area contributed by atoms with Gasteiger partial charge in [-0.1, -0.05) is 0 Å². The van der Waals surface area contributed by atoms with Gasteiger partial charge in [-0.3, -0.25) is 0 Å². The van der Waals surface area contributed by atoms with Crippen LogP contribution in [-0.2, 0) is 0 Å². The average molecular weight is 235 g/mol. The Bertz CT molecular complexity index is 432. The Morgan fingerprint density at radius 2 is 2.00 bits per heavy atom. The molecule has 0 spiro atoms. The highest BCUT2D eigenvalue weighted by Gasteiger charge is 2.13. The summed E-state index contributed by atoms with van der Waals surface area (Å²) in [5.74, 6) is 0.986. The van der Waals surface area contributed by atoms with Gasteiger partial charge in [0, 0.05) is 15.8 Å². The molecule has 0 bridgehead atoms. The van der Waals surface area contributed by atoms with Gasteiger partial charge in [-0.2, -0.15) is 0 Å². The lowest BCUT2D eigenvalue weighted by Gasteiger charge is -2.17. The molecule has 0 saturated carbocycles. The van der Waals surface area contributed by atoms with Crippen molar-refractivity contribution in [3.05, 3.63) is 46.0 Å². The Morgan fingerprint density at radius 3 is 2.56 bits per heavy atom. The van der Waals surface area contributed by atoms with E-state index in [1.165, 1.54) is 9.75 Å². The number of thiophene rings is 1. The summed E-state index contributed by atoms with van der Waals surface area (Å²) in [7, 11) is 0. The summed E-state index contributed by atoms with van der Waals surface area (Å²) in [4.78, 5) is 2.73. The van der Waals surface area contributed by atoms with Gasteiger partial charge in [0.2, 0.25) is 0 Å². The van der Waals surface area contributed by atoms with Gasteiger partial charge >= 0.3 is 0 Å². The van der Waals surface area contributed by atoms with E-state index in [-0.39, 0.29) is 6.04 Å². The second kappa shape index (κ2) is 4.85. The number of nitrogens with one attached hydrogen (secondary N) is 1. The molecule has 2 atom stereocenters. The second-order valence-electron chi connectivity index (χ2n) is 4.07. The zero-order valence-corrected chi connectivity index (χ0v) is 10.7. The van der Waals surface area contributed by atoms with Crippen molar-refractivity contribution in [3.8, 4) is 0 Å². The van der Waals surface area contributed by atoms with Crippen molar-refractivity contribution in [2.24, 2.45) is 0 Å². The maximum Gasteiger partial charge on any atom is 0.120 e. The molecule has 2 heterocycles. The van der Waals surface area contributed by atoms with E-state index in [1.54, 1.807) is 6.26 Å². The molecule has 2 aromatic rings. The second-order valence-corrected chi connectivity index (χ2v) is 5.39. The lowest BCUT2D eigenvalue weighted by Crippen LogP contribution is -2.21. The molecule has 86 valence electrons. The molecule has 2 nitrogen and oxygen atoms in total. The largest absolute Gasteiger partial charge is 0.468 e. The van der Waals surface area contributed by atoms with E-state index in [0.29, 0.717) is 6.04 Å². The van der Waals surface area contributed by atoms with E-state index >= 15 is 0 Å². The molecular formula is C13H17NOS. The minimum atomic E-state index is 0.243. The molecule has 0 aliphatic carbocycles. The fraction of sp³-hybridized carbons (Fsp3) is 0.385. The van der Waals surface area contributed by atoms with Gasteiger partial charge in [-0.25, -0.2) is 0 Å². The minimum Gasteiger partial charge on any atom is -0.468 e. The Hall–Kier alpha value is -1.06. The fourth-order valence-electron chi connectivity index (χ4n) is 1.76. The van der Waals surface area contributed by atoms with Gasteiger partial charge < -0.3 is 9.73 Å². The van der Waals surface area contributed by atoms with E-state index in [0.717, 1.165) is 5.76 Å². The topological polar surface area (TPSA) is 25.2 Å². The number of hydrogen-bond donors (Lipinski definition) is 1. The molecule has 2 rings (SSSR count). The smallest absolute Gasteiger partial charge is 0.120 e. The molecule has 2 unspecified atom stereocenters. The molecule has 0 amide bonds. The normalized spacial score (nSPS) is 14.9. The van der Waals surface area contributed by atoms with Crippen LogP contribution in [0.1, 0.15) is 41.4 Å². The Balaban J connectivity index is 2.00. The molecule has 0 aliphatic heterocycles. The monoisotopic (exact) mass is 235 g/mol. The maximum atomic E-state index is 5.38. The molecule has 0 saturated heterocycles. The molecule has 16 heavy (non-hydrogen) atoms. The summed E-state index contributed by atoms with van der Waals surface area (Å²) in [6, 6.07) is 8.88. The van der Waals surface area contributed by atoms with E-state index in [1.807, 2.05) is 23.5 Å². The number of hydrogen-bond acceptors (Lipinski definition) is 3. The van der Waals surface area contributed by atoms with Gasteiger partial charge in [-0.15, -0.1) is 11.3 Å². The zero-order valence-electron chi connectivity index (χ0n) is 9.86. The molecule has 0 aliphatic rings. The van der Waals surface area contributed by atoms with Crippen molar-refractivity contribution < 1.29 is 4.42 Å². The summed E-state index contributed by atoms with van der Waals surface area (Å²) in [5, 5.41) is 3.53. The maximum absolute atomic E-state index is 5.38. The Kier molecular flexibility index (Phi) is 3.46. The van der Waals surface area contributed by atoms with E-state index in [2.05, 4.69) is 38.2 Å². The standard InChI is InChI=1S/C13H17NOS/c1-9-6-7-13(16-9)11(3)14-10(2)12-5-4-8-15-12/h4-8,10-11,14H,1-3H3. The predicted octanol–water partition coefficient (Wildman–Crippen LogP) is 4.06. The van der Waals surface area contributed by atoms with Crippen LogP contribution in [0.5, 0.6) is 0 Å². The third kappa shape index (κ3) is 2.54. The third-order valence-electron chi connectivity index (χ3n) is 2.66. The van der Waals surface area contributed by atoms with Crippen LogP contribution in [-0.4, -0.2) is 0 Å². The van der Waals surface area contributed by atoms with Gasteiger partial charge in [0.25, 0.3) is 0 Å². The molecule has 3 heteroatoms. The number of rotatable bonds is 4. The molecule has 0 aromatic carbocycles. The summed E-state index contributed by atoms with van der Waals surface area (Å²) in [5.41, 5.74) is 0. The summed E-state index contributed by atoms with van der Waals surface area (Å²) < 4.78 is 5.38. The van der Waals surface area contributed by atoms with Crippen LogP contribution < -0.4 is 5.32 Å². The van der Waals surface area contributed by atoms with Crippen molar-refractivity contribution >= 4 is 11.3 Å². The van der Waals surface area contributed by atoms with Gasteiger partial charge in [0.1, 0.15) is 5.76 Å². The van der Waals surface area contributed by atoms with Gasteiger partial charge in [0.05, 0.1) is 12.3 Å². The van der Waals surface area contributed by atoms with Crippen LogP contribution >= 0.6 is 11.3 Å². The zero-order chi connectivity index (χ0) is 11.5. The van der Waals surface area contributed by atoms with Crippen molar-refractivity contribution in [2.45, 2.75) is 32.9 Å². The number of aryl methyl sites for hydroxylation is 1. The molecule has 0 radical (unpaired) electrons. The first-order chi connectivity index (χ1) is 7.66. The summed E-state index contributed by atoms with van der Waals surface area (Å²) >= 11 is 1.84. The van der Waals surface area contributed by atoms with Crippen LogP contribution in [0.3, 0.4) is 0 Å². The van der Waals surface area contributed by atoms with Gasteiger partial charge in [-0.05, 0) is 45.0 Å². The van der Waals surface area contributed by atoms with Crippen molar-refractivity contribution in [1.29, 1.82) is 0 Å². The highest BCUT2D eigenvalue weighted by molar-refractivity contribution is 7.12. The SMILES string of the molecule is Cc1ccc(C(C)NC(C)c2ccco2)s1. The van der Waals surface area contributed by atoms with Crippen molar-refractivity contribution in [3.63, 3.8) is 0 Å². The quantitative estimate of drug-likeness (QED) is 0.864. The molecule has 2 aromatic heterocycles. The predicted molar refractivity (Wildman–Crippen MR) is 67.7 cm³/mol. The molecule has 1 N–H and O–H groups in total. The van der Waals surface area contributed by atoms with Crippen LogP contribution in [0, 0.1) is 6.92 Å². The van der Waals surface area contributed by atoms with E-state index in [4.69, 9.17) is 4.42 Å². The first-order valence-corrected chi connectivity index (χ1v) is 6.34. The first-order valence-electron chi connectivity index (χ1n) is 5.52. The fourth-order valence-corrected chi connectivity index (χ4v) is 2.65. The van der Waals surface area contributed by atoms with E-state index < -0.39 is 0 Å². The highest BCUT2D eigenvalue weighted by Crippen LogP contribution is 2.25. The van der Waals surface area contributed by atoms with Crippen molar-refractivity contribution in [1.82, 2.24) is 5.32 Å². The number of furan rings is 1. The van der Waals surface area contributed by atoms with Crippen molar-refractivity contribution in [2.75, 3.05) is 0 Å². The summed E-state index contributed by atoms with van der Waals surface area (Å²) in [6.45, 7) is 6.44. The van der Waals surface area contributed by atoms with Crippen LogP contribution in [0.25, 0.3) is 0 Å². The highest BCUT2D eigenvalue weighted by atomic mass is 32.1. The average Bonchev–Trinajstić information content (AvgIpc) is 2.87. The van der Waals surface area contributed by atoms with Crippen LogP contribution in [0.4, 0.5) is 0 Å². The molecule has 0 fully saturated rings. The van der Waals surface area contributed by atoms with E-state index in [9.17, 15) is 0 Å². The minimum absolute atomic E-state index is 0.243. The van der Waals surface area contributed by atoms with Gasteiger partial charge in [0.15, 0.2) is 0 Å². The summed E-state index contributed by atoms with van der Waals surface area (Å²) in [6.07, 6.45) is 1.72.